The van der Waals surface area contributed by atoms with Gasteiger partial charge in [-0.2, -0.15) is 0 Å². The first kappa shape index (κ1) is 21.8. The van der Waals surface area contributed by atoms with E-state index in [-0.39, 0.29) is 25.0 Å². The first-order chi connectivity index (χ1) is 13.1. The lowest BCUT2D eigenvalue weighted by atomic mass is 9.89. The normalized spacial score (nSPS) is 30.8. The summed E-state index contributed by atoms with van der Waals surface area (Å²) in [5.41, 5.74) is 10.1. The maximum Gasteiger partial charge on any atom is 0.247 e. The summed E-state index contributed by atoms with van der Waals surface area (Å²) in [5, 5.41) is 37.2. The average Bonchev–Trinajstić information content (AvgIpc) is 3.04. The molecule has 0 saturated carbocycles. The quantitative estimate of drug-likeness (QED) is 0.207. The monoisotopic (exact) mass is 399 g/mol. The maximum atomic E-state index is 12.4. The molecule has 0 spiro atoms. The highest BCUT2D eigenvalue weighted by atomic mass is 16.3. The number of rotatable bonds is 7. The van der Waals surface area contributed by atoms with Gasteiger partial charge in [-0.15, -0.1) is 0 Å². The molecule has 156 valence electrons. The van der Waals surface area contributed by atoms with Gasteiger partial charge in [-0.25, -0.2) is 0 Å². The van der Waals surface area contributed by atoms with Crippen LogP contribution in [0.25, 0.3) is 0 Å². The predicted molar refractivity (Wildman–Crippen MR) is 94.0 cm³/mol. The lowest BCUT2D eigenvalue weighted by molar-refractivity contribution is -0.128. The van der Waals surface area contributed by atoms with E-state index in [1.807, 2.05) is 0 Å². The summed E-state index contributed by atoms with van der Waals surface area (Å²) in [5.74, 6) is -3.09. The molecule has 2 rings (SSSR count). The van der Waals surface area contributed by atoms with Gasteiger partial charge in [0.2, 0.25) is 23.6 Å². The van der Waals surface area contributed by atoms with Crippen molar-refractivity contribution in [2.45, 2.75) is 55.7 Å². The van der Waals surface area contributed by atoms with Crippen LogP contribution in [0.1, 0.15) is 19.3 Å². The molecule has 28 heavy (non-hydrogen) atoms. The van der Waals surface area contributed by atoms with Crippen LogP contribution in [0.2, 0.25) is 0 Å². The Balaban J connectivity index is 2.09. The van der Waals surface area contributed by atoms with E-state index < -0.39 is 66.5 Å². The van der Waals surface area contributed by atoms with Crippen LogP contribution in [0.15, 0.2) is 11.6 Å². The van der Waals surface area contributed by atoms with E-state index in [4.69, 9.17) is 11.5 Å². The summed E-state index contributed by atoms with van der Waals surface area (Å²) in [6.07, 6.45) is -2.63. The van der Waals surface area contributed by atoms with E-state index in [1.165, 1.54) is 6.08 Å². The molecule has 1 fully saturated rings. The van der Waals surface area contributed by atoms with Crippen molar-refractivity contribution in [3.63, 3.8) is 0 Å². The van der Waals surface area contributed by atoms with E-state index in [1.54, 1.807) is 0 Å². The molecule has 12 heteroatoms. The number of β-amino-alcohol motifs (C(OH)–C–C–N with tert-alkyl or cyclic N) is 1. The Morgan fingerprint density at radius 1 is 1.21 bits per heavy atom. The fourth-order valence-electron chi connectivity index (χ4n) is 3.12. The van der Waals surface area contributed by atoms with Gasteiger partial charge >= 0.3 is 0 Å². The lowest BCUT2D eigenvalue weighted by Gasteiger charge is -2.32. The van der Waals surface area contributed by atoms with Crippen molar-refractivity contribution in [1.29, 1.82) is 0 Å². The molecule has 1 aliphatic carbocycles. The Bertz CT molecular complexity index is 682. The topological polar surface area (TPSA) is 217 Å². The van der Waals surface area contributed by atoms with Crippen molar-refractivity contribution < 1.29 is 34.5 Å². The number of hydrogen-bond donors (Lipinski definition) is 8. The number of carbonyl (C=O) groups excluding carboxylic acids is 4. The van der Waals surface area contributed by atoms with E-state index in [2.05, 4.69) is 16.0 Å². The number of primary amides is 2. The molecule has 0 aromatic carbocycles. The molecular formula is C16H25N5O7. The van der Waals surface area contributed by atoms with Crippen LogP contribution >= 0.6 is 0 Å². The van der Waals surface area contributed by atoms with Gasteiger partial charge in [0, 0.05) is 18.5 Å². The number of nitrogens with one attached hydrogen (secondary N) is 3. The number of hydrogen-bond acceptors (Lipinski definition) is 8. The summed E-state index contributed by atoms with van der Waals surface area (Å²) in [6.45, 7) is 0.256. The zero-order valence-electron chi connectivity index (χ0n) is 15.0. The summed E-state index contributed by atoms with van der Waals surface area (Å²) in [7, 11) is 0. The first-order valence-corrected chi connectivity index (χ1v) is 8.75. The van der Waals surface area contributed by atoms with Gasteiger partial charge in [-0.05, 0) is 6.42 Å². The molecule has 1 aliphatic heterocycles. The molecule has 6 unspecified atom stereocenters. The van der Waals surface area contributed by atoms with E-state index in [9.17, 15) is 34.5 Å². The third kappa shape index (κ3) is 5.48. The van der Waals surface area contributed by atoms with Crippen LogP contribution in [0, 0.1) is 0 Å². The van der Waals surface area contributed by atoms with Gasteiger partial charge < -0.3 is 42.7 Å². The van der Waals surface area contributed by atoms with Gasteiger partial charge in [0.25, 0.3) is 0 Å². The Morgan fingerprint density at radius 3 is 2.43 bits per heavy atom. The molecular weight excluding hydrogens is 374 g/mol. The molecule has 6 atom stereocenters. The Kier molecular flexibility index (Phi) is 7.07. The molecule has 0 aromatic rings. The van der Waals surface area contributed by atoms with E-state index in [0.717, 1.165) is 0 Å². The lowest BCUT2D eigenvalue weighted by Crippen LogP contribution is -2.54. The van der Waals surface area contributed by atoms with Gasteiger partial charge in [-0.3, -0.25) is 19.2 Å². The molecule has 0 bridgehead atoms. The molecule has 0 aromatic heterocycles. The third-order valence-corrected chi connectivity index (χ3v) is 4.65. The number of amides is 4. The zero-order chi connectivity index (χ0) is 21.0. The predicted octanol–water partition coefficient (Wildman–Crippen LogP) is -4.91. The fourth-order valence-corrected chi connectivity index (χ4v) is 3.12. The SMILES string of the molecule is NC(=O)CC(NC(=O)C1=CC(NC(=O)C2CC(O)CN2)C(O)C(O)C1)C(N)=O. The second-order valence-corrected chi connectivity index (χ2v) is 6.94. The molecule has 10 N–H and O–H groups in total. The Morgan fingerprint density at radius 2 is 1.89 bits per heavy atom. The third-order valence-electron chi connectivity index (χ3n) is 4.65. The average molecular weight is 399 g/mol. The largest absolute Gasteiger partial charge is 0.392 e. The van der Waals surface area contributed by atoms with Crippen LogP contribution in [-0.2, 0) is 19.2 Å². The highest BCUT2D eigenvalue weighted by molar-refractivity contribution is 5.98. The maximum absolute atomic E-state index is 12.4. The van der Waals surface area contributed by atoms with Crippen LogP contribution in [-0.4, -0.2) is 81.9 Å². The summed E-state index contributed by atoms with van der Waals surface area (Å²) < 4.78 is 0. The summed E-state index contributed by atoms with van der Waals surface area (Å²) in [4.78, 5) is 47.0. The van der Waals surface area contributed by atoms with Crippen LogP contribution < -0.4 is 27.4 Å². The second kappa shape index (κ2) is 9.10. The van der Waals surface area contributed by atoms with Crippen LogP contribution in [0.3, 0.4) is 0 Å². The molecule has 2 aliphatic rings. The smallest absolute Gasteiger partial charge is 0.247 e. The molecule has 0 radical (unpaired) electrons. The summed E-state index contributed by atoms with van der Waals surface area (Å²) >= 11 is 0. The second-order valence-electron chi connectivity index (χ2n) is 6.94. The number of aliphatic hydroxyl groups is 3. The van der Waals surface area contributed by atoms with Crippen molar-refractivity contribution in [1.82, 2.24) is 16.0 Å². The highest BCUT2D eigenvalue weighted by Crippen LogP contribution is 2.20. The van der Waals surface area contributed by atoms with E-state index in [0.29, 0.717) is 0 Å². The van der Waals surface area contributed by atoms with Gasteiger partial charge in [0.15, 0.2) is 0 Å². The number of aliphatic hydroxyl groups excluding tert-OH is 3. The Labute approximate surface area is 160 Å². The van der Waals surface area contributed by atoms with E-state index >= 15 is 0 Å². The van der Waals surface area contributed by atoms with Crippen molar-refractivity contribution >= 4 is 23.6 Å². The standard InChI is InChI=1S/C16H25N5O7/c17-12(24)4-9(14(18)26)21-15(27)6-1-8(13(25)11(23)2-6)20-16(28)10-3-7(22)5-19-10/h1,7-11,13,19,22-23,25H,2-5H2,(H2,17,24)(H2,18,26)(H,20,28)(H,21,27). The molecule has 1 heterocycles. The van der Waals surface area contributed by atoms with Gasteiger partial charge in [0.1, 0.15) is 12.1 Å². The minimum atomic E-state index is -1.36. The van der Waals surface area contributed by atoms with Crippen molar-refractivity contribution in [2.75, 3.05) is 6.54 Å². The van der Waals surface area contributed by atoms with Gasteiger partial charge in [-0.1, -0.05) is 6.08 Å². The number of carbonyl (C=O) groups is 4. The van der Waals surface area contributed by atoms with Crippen molar-refractivity contribution in [2.24, 2.45) is 11.5 Å². The molecule has 4 amide bonds. The number of nitrogens with two attached hydrogens (primary N) is 2. The van der Waals surface area contributed by atoms with Crippen molar-refractivity contribution in [3.8, 4) is 0 Å². The minimum Gasteiger partial charge on any atom is -0.392 e. The van der Waals surface area contributed by atoms with Crippen LogP contribution in [0.4, 0.5) is 0 Å². The van der Waals surface area contributed by atoms with Gasteiger partial charge in [0.05, 0.1) is 30.7 Å². The summed E-state index contributed by atoms with van der Waals surface area (Å²) in [6, 6.07) is -3.06. The fraction of sp³-hybridized carbons (Fsp3) is 0.625. The minimum absolute atomic E-state index is 0.00163. The molecule has 1 saturated heterocycles. The highest BCUT2D eigenvalue weighted by Gasteiger charge is 2.36. The zero-order valence-corrected chi connectivity index (χ0v) is 15.0. The van der Waals surface area contributed by atoms with Crippen LogP contribution in [0.5, 0.6) is 0 Å². The Hall–Kier alpha value is -2.54. The molecule has 12 nitrogen and oxygen atoms in total. The van der Waals surface area contributed by atoms with Crippen molar-refractivity contribution in [3.05, 3.63) is 11.6 Å². The first-order valence-electron chi connectivity index (χ1n) is 8.75.